The third-order valence-electron chi connectivity index (χ3n) is 14.0. The molecule has 0 bridgehead atoms. The fraction of sp³-hybridized carbons (Fsp3) is 0. The molecule has 3 heteroatoms. The van der Waals surface area contributed by atoms with Gasteiger partial charge in [0.05, 0.1) is 11.4 Å². The first-order valence-corrected chi connectivity index (χ1v) is 25.7. The maximum Gasteiger partial charge on any atom is 0.0540 e. The molecule has 0 radical (unpaired) electrons. The molecule has 2 nitrogen and oxygen atoms in total. The Balaban J connectivity index is 0.945. The summed E-state index contributed by atoms with van der Waals surface area (Å²) in [4.78, 5) is 4.86. The van der Waals surface area contributed by atoms with Gasteiger partial charge in [0.25, 0.3) is 0 Å². The topological polar surface area (TPSA) is 6.48 Å². The highest BCUT2D eigenvalue weighted by Gasteiger charge is 2.23. The van der Waals surface area contributed by atoms with E-state index in [-0.39, 0.29) is 0 Å². The van der Waals surface area contributed by atoms with Crippen LogP contribution in [-0.4, -0.2) is 0 Å². The van der Waals surface area contributed by atoms with Crippen molar-refractivity contribution in [3.63, 3.8) is 0 Å². The molecule has 0 aliphatic rings. The number of fused-ring (bicyclic) bond motifs is 4. The molecule has 0 spiro atoms. The van der Waals surface area contributed by atoms with Crippen molar-refractivity contribution < 1.29 is 0 Å². The van der Waals surface area contributed by atoms with Crippen LogP contribution in [-0.2, 0) is 0 Å². The van der Waals surface area contributed by atoms with E-state index in [2.05, 4.69) is 301 Å². The Hall–Kier alpha value is -9.28. The lowest BCUT2D eigenvalue weighted by Crippen LogP contribution is -2.13. The minimum Gasteiger partial charge on any atom is -0.310 e. The van der Waals surface area contributed by atoms with Gasteiger partial charge in [-0.2, -0.15) is 0 Å². The molecule has 0 atom stereocenters. The van der Waals surface area contributed by atoms with E-state index >= 15 is 0 Å². The molecule has 12 aromatic carbocycles. The number of anilines is 6. The van der Waals surface area contributed by atoms with Crippen molar-refractivity contribution in [3.8, 4) is 55.6 Å². The Bertz CT molecular complexity index is 4080. The molecule has 73 heavy (non-hydrogen) atoms. The van der Waals surface area contributed by atoms with Gasteiger partial charge in [-0.05, 0) is 128 Å². The van der Waals surface area contributed by atoms with E-state index in [1.54, 1.807) is 0 Å². The second kappa shape index (κ2) is 19.1. The van der Waals surface area contributed by atoms with Crippen LogP contribution in [0.15, 0.2) is 291 Å². The van der Waals surface area contributed by atoms with Gasteiger partial charge < -0.3 is 9.80 Å². The molecule has 0 saturated carbocycles. The minimum atomic E-state index is 1.06. The van der Waals surface area contributed by atoms with Gasteiger partial charge in [0, 0.05) is 54.0 Å². The quantitative estimate of drug-likeness (QED) is 0.127. The van der Waals surface area contributed by atoms with Crippen LogP contribution in [0.1, 0.15) is 0 Å². The molecule has 1 aromatic heterocycles. The van der Waals surface area contributed by atoms with Gasteiger partial charge in [-0.25, -0.2) is 0 Å². The molecule has 0 saturated heterocycles. The lowest BCUT2D eigenvalue weighted by atomic mass is 9.97. The molecular formula is C70H48N2S. The highest BCUT2D eigenvalue weighted by atomic mass is 32.1. The summed E-state index contributed by atoms with van der Waals surface area (Å²) in [5, 5.41) is 5.03. The normalized spacial score (nSPS) is 11.3. The van der Waals surface area contributed by atoms with Crippen molar-refractivity contribution in [3.05, 3.63) is 291 Å². The molecule has 0 amide bonds. The van der Waals surface area contributed by atoms with Crippen molar-refractivity contribution in [2.45, 2.75) is 0 Å². The summed E-state index contributed by atoms with van der Waals surface area (Å²) in [5.74, 6) is 0. The van der Waals surface area contributed by atoms with Crippen LogP contribution in [0.4, 0.5) is 34.1 Å². The molecular weight excluding hydrogens is 901 g/mol. The first-order chi connectivity index (χ1) is 36.2. The van der Waals surface area contributed by atoms with Crippen molar-refractivity contribution >= 4 is 76.4 Å². The summed E-state index contributed by atoms with van der Waals surface area (Å²) in [7, 11) is 0. The molecule has 1 heterocycles. The molecule has 344 valence electrons. The molecule has 0 unspecified atom stereocenters. The van der Waals surface area contributed by atoms with Gasteiger partial charge in [-0.3, -0.25) is 0 Å². The van der Waals surface area contributed by atoms with Crippen molar-refractivity contribution in [1.82, 2.24) is 0 Å². The van der Waals surface area contributed by atoms with Crippen LogP contribution in [0.25, 0.3) is 86.6 Å². The Labute approximate surface area is 430 Å². The van der Waals surface area contributed by atoms with E-state index in [4.69, 9.17) is 0 Å². The number of rotatable bonds is 11. The van der Waals surface area contributed by atoms with E-state index in [0.29, 0.717) is 0 Å². The summed E-state index contributed by atoms with van der Waals surface area (Å²) >= 11 is 1.85. The summed E-state index contributed by atoms with van der Waals surface area (Å²) in [6.45, 7) is 0. The average molecular weight is 949 g/mol. The van der Waals surface area contributed by atoms with Crippen LogP contribution in [0.2, 0.25) is 0 Å². The monoisotopic (exact) mass is 948 g/mol. The van der Waals surface area contributed by atoms with Crippen molar-refractivity contribution in [1.29, 1.82) is 0 Å². The second-order valence-corrected chi connectivity index (χ2v) is 19.6. The highest BCUT2D eigenvalue weighted by molar-refractivity contribution is 7.25. The Morgan fingerprint density at radius 1 is 0.219 bits per heavy atom. The van der Waals surface area contributed by atoms with Gasteiger partial charge in [-0.1, -0.05) is 218 Å². The van der Waals surface area contributed by atoms with E-state index < -0.39 is 0 Å². The van der Waals surface area contributed by atoms with Crippen molar-refractivity contribution in [2.75, 3.05) is 9.80 Å². The van der Waals surface area contributed by atoms with Crippen LogP contribution in [0, 0.1) is 0 Å². The van der Waals surface area contributed by atoms with Crippen LogP contribution in [0.3, 0.4) is 0 Å². The lowest BCUT2D eigenvalue weighted by Gasteiger charge is -2.30. The fourth-order valence-corrected chi connectivity index (χ4v) is 11.6. The number of hydrogen-bond donors (Lipinski definition) is 0. The SMILES string of the molecule is c1ccc(-c2ccc(-c3ccc(N(c4cccc(-c5ccc6ccccc6c5)c4)c4cccc(-c5ccccc5N(c5ccc6c(c5)sc5ccccc56)c5ccccc5-c5ccccc5)c4)cc3)cc2)cc1. The number of thiophene rings is 1. The molecule has 0 N–H and O–H groups in total. The predicted octanol–water partition coefficient (Wildman–Crippen LogP) is 20.5. The van der Waals surface area contributed by atoms with E-state index in [0.717, 1.165) is 56.4 Å². The summed E-state index contributed by atoms with van der Waals surface area (Å²) in [5.41, 5.74) is 18.2. The third-order valence-corrected chi connectivity index (χ3v) is 15.2. The van der Waals surface area contributed by atoms with E-state index in [1.165, 1.54) is 64.3 Å². The summed E-state index contributed by atoms with van der Waals surface area (Å²) < 4.78 is 2.56. The molecule has 0 fully saturated rings. The first kappa shape index (κ1) is 43.7. The zero-order valence-corrected chi connectivity index (χ0v) is 40.8. The zero-order valence-electron chi connectivity index (χ0n) is 40.0. The number of hydrogen-bond acceptors (Lipinski definition) is 3. The number of para-hydroxylation sites is 2. The van der Waals surface area contributed by atoms with Gasteiger partial charge in [0.1, 0.15) is 0 Å². The summed E-state index contributed by atoms with van der Waals surface area (Å²) in [6, 6.07) is 106. The molecule has 0 aliphatic carbocycles. The maximum atomic E-state index is 2.46. The van der Waals surface area contributed by atoms with E-state index in [9.17, 15) is 0 Å². The average Bonchev–Trinajstić information content (AvgIpc) is 3.84. The summed E-state index contributed by atoms with van der Waals surface area (Å²) in [6.07, 6.45) is 0. The second-order valence-electron chi connectivity index (χ2n) is 18.5. The predicted molar refractivity (Wildman–Crippen MR) is 313 cm³/mol. The Kier molecular flexibility index (Phi) is 11.5. The molecule has 13 aromatic rings. The Morgan fingerprint density at radius 3 is 1.37 bits per heavy atom. The smallest absolute Gasteiger partial charge is 0.0540 e. The zero-order chi connectivity index (χ0) is 48.5. The van der Waals surface area contributed by atoms with Gasteiger partial charge in [0.2, 0.25) is 0 Å². The highest BCUT2D eigenvalue weighted by Crippen LogP contribution is 2.48. The van der Waals surface area contributed by atoms with Crippen LogP contribution < -0.4 is 9.80 Å². The fourth-order valence-electron chi connectivity index (χ4n) is 10.4. The third kappa shape index (κ3) is 8.52. The maximum absolute atomic E-state index is 2.46. The standard InChI is InChI=1S/C70H48N2S/c1-3-17-49(18-4-1)51-33-35-52(36-34-51)53-39-41-59(42-40-53)71(60-25-15-23-56(46-60)57-38-37-50-19-7-8-22-55(50)45-57)61-26-16-24-58(47-61)64-28-10-13-31-68(64)72(67-30-12-9-27-63(67)54-20-5-2-6-21-54)62-43-44-66-65-29-11-14-32-69(65)73-70(66)48-62/h1-48H. The van der Waals surface area contributed by atoms with E-state index in [1.807, 2.05) is 11.3 Å². The first-order valence-electron chi connectivity index (χ1n) is 24.9. The van der Waals surface area contributed by atoms with Crippen LogP contribution >= 0.6 is 11.3 Å². The largest absolute Gasteiger partial charge is 0.310 e. The minimum absolute atomic E-state index is 1.06. The van der Waals surface area contributed by atoms with Crippen LogP contribution in [0.5, 0.6) is 0 Å². The number of nitrogens with zero attached hydrogens (tertiary/aromatic N) is 2. The van der Waals surface area contributed by atoms with Gasteiger partial charge in [-0.15, -0.1) is 11.3 Å². The lowest BCUT2D eigenvalue weighted by molar-refractivity contribution is 1.28. The van der Waals surface area contributed by atoms with Gasteiger partial charge in [0.15, 0.2) is 0 Å². The molecule has 0 aliphatic heterocycles. The van der Waals surface area contributed by atoms with Gasteiger partial charge >= 0.3 is 0 Å². The molecule has 13 rings (SSSR count). The number of benzene rings is 12. The van der Waals surface area contributed by atoms with Crippen molar-refractivity contribution in [2.24, 2.45) is 0 Å². The Morgan fingerprint density at radius 2 is 0.671 bits per heavy atom.